The van der Waals surface area contributed by atoms with Crippen molar-refractivity contribution in [1.29, 1.82) is 0 Å². The average molecular weight is 172 g/mol. The van der Waals surface area contributed by atoms with Crippen LogP contribution in [-0.2, 0) is 4.74 Å². The molecular weight excluding hydrogens is 152 g/mol. The van der Waals surface area contributed by atoms with Gasteiger partial charge in [-0.05, 0) is 12.8 Å². The van der Waals surface area contributed by atoms with Crippen molar-refractivity contribution in [1.82, 2.24) is 0 Å². The van der Waals surface area contributed by atoms with Crippen molar-refractivity contribution in [3.8, 4) is 0 Å². The van der Waals surface area contributed by atoms with Gasteiger partial charge in [-0.15, -0.1) is 0 Å². The van der Waals surface area contributed by atoms with Crippen molar-refractivity contribution in [3.05, 3.63) is 0 Å². The van der Waals surface area contributed by atoms with E-state index in [-0.39, 0.29) is 12.2 Å². The Hall–Kier alpha value is -0.0800. The molecule has 1 N–H and O–H groups in total. The smallest absolute Gasteiger partial charge is 0.0838 e. The summed E-state index contributed by atoms with van der Waals surface area (Å²) in [5.41, 5.74) is 0. The van der Waals surface area contributed by atoms with Crippen LogP contribution in [0.2, 0.25) is 0 Å². The molecule has 0 bridgehead atoms. The van der Waals surface area contributed by atoms with E-state index < -0.39 is 0 Å². The van der Waals surface area contributed by atoms with Crippen LogP contribution in [0.3, 0.4) is 0 Å². The monoisotopic (exact) mass is 172 g/mol. The summed E-state index contributed by atoms with van der Waals surface area (Å²) in [6.45, 7) is 4.28. The SMILES string of the molecule is CCCC1CC(O)C(CCC)O1. The molecule has 1 saturated heterocycles. The Balaban J connectivity index is 2.29. The van der Waals surface area contributed by atoms with Crippen molar-refractivity contribution in [2.45, 2.75) is 64.3 Å². The van der Waals surface area contributed by atoms with Gasteiger partial charge in [-0.1, -0.05) is 26.7 Å². The van der Waals surface area contributed by atoms with Crippen LogP contribution in [-0.4, -0.2) is 23.4 Å². The highest BCUT2D eigenvalue weighted by molar-refractivity contribution is 4.81. The standard InChI is InChI=1S/C10H20O2/c1-3-5-8-7-9(11)10(12-8)6-4-2/h8-11H,3-7H2,1-2H3. The van der Waals surface area contributed by atoms with E-state index in [1.165, 1.54) is 0 Å². The number of aliphatic hydroxyl groups excluding tert-OH is 1. The first kappa shape index (κ1) is 10.0. The molecule has 0 amide bonds. The highest BCUT2D eigenvalue weighted by Crippen LogP contribution is 2.26. The van der Waals surface area contributed by atoms with Gasteiger partial charge in [-0.25, -0.2) is 0 Å². The Morgan fingerprint density at radius 1 is 1.25 bits per heavy atom. The lowest BCUT2D eigenvalue weighted by molar-refractivity contribution is 0.00258. The van der Waals surface area contributed by atoms with Gasteiger partial charge in [0, 0.05) is 6.42 Å². The second-order valence-electron chi connectivity index (χ2n) is 3.68. The first-order valence-corrected chi connectivity index (χ1v) is 5.11. The maximum absolute atomic E-state index is 9.59. The van der Waals surface area contributed by atoms with Crippen molar-refractivity contribution in [3.63, 3.8) is 0 Å². The molecule has 3 atom stereocenters. The summed E-state index contributed by atoms with van der Waals surface area (Å²) in [5.74, 6) is 0. The third-order valence-corrected chi connectivity index (χ3v) is 2.48. The summed E-state index contributed by atoms with van der Waals surface area (Å²) in [4.78, 5) is 0. The van der Waals surface area contributed by atoms with Crippen LogP contribution in [0.4, 0.5) is 0 Å². The van der Waals surface area contributed by atoms with E-state index in [0.717, 1.165) is 32.1 Å². The molecule has 0 aliphatic carbocycles. The fourth-order valence-corrected chi connectivity index (χ4v) is 1.87. The molecule has 1 aliphatic heterocycles. The van der Waals surface area contributed by atoms with Crippen LogP contribution in [0.5, 0.6) is 0 Å². The maximum atomic E-state index is 9.59. The van der Waals surface area contributed by atoms with Gasteiger partial charge in [-0.2, -0.15) is 0 Å². The normalized spacial score (nSPS) is 35.8. The molecule has 0 aromatic heterocycles. The minimum Gasteiger partial charge on any atom is -0.390 e. The highest BCUT2D eigenvalue weighted by atomic mass is 16.5. The predicted octanol–water partition coefficient (Wildman–Crippen LogP) is 2.10. The molecule has 12 heavy (non-hydrogen) atoms. The van der Waals surface area contributed by atoms with Crippen LogP contribution >= 0.6 is 0 Å². The minimum atomic E-state index is -0.207. The molecule has 1 rings (SSSR count). The number of aliphatic hydroxyl groups is 1. The van der Waals surface area contributed by atoms with Crippen molar-refractivity contribution >= 4 is 0 Å². The summed E-state index contributed by atoms with van der Waals surface area (Å²) in [7, 11) is 0. The summed E-state index contributed by atoms with van der Waals surface area (Å²) >= 11 is 0. The summed E-state index contributed by atoms with van der Waals surface area (Å²) in [6, 6.07) is 0. The summed E-state index contributed by atoms with van der Waals surface area (Å²) < 4.78 is 5.70. The second kappa shape index (κ2) is 4.83. The third kappa shape index (κ3) is 2.46. The fraction of sp³-hybridized carbons (Fsp3) is 1.00. The maximum Gasteiger partial charge on any atom is 0.0838 e. The Labute approximate surface area is 74.9 Å². The Morgan fingerprint density at radius 2 is 1.92 bits per heavy atom. The fourth-order valence-electron chi connectivity index (χ4n) is 1.87. The van der Waals surface area contributed by atoms with Gasteiger partial charge in [0.1, 0.15) is 0 Å². The summed E-state index contributed by atoms with van der Waals surface area (Å²) in [6.07, 6.45) is 5.42. The zero-order chi connectivity index (χ0) is 8.97. The quantitative estimate of drug-likeness (QED) is 0.703. The first-order chi connectivity index (χ1) is 5.77. The predicted molar refractivity (Wildman–Crippen MR) is 49.1 cm³/mol. The van der Waals surface area contributed by atoms with Gasteiger partial charge < -0.3 is 9.84 Å². The molecule has 72 valence electrons. The van der Waals surface area contributed by atoms with Crippen LogP contribution in [0.15, 0.2) is 0 Å². The molecule has 1 fully saturated rings. The summed E-state index contributed by atoms with van der Waals surface area (Å²) in [5, 5.41) is 9.59. The molecule has 1 aliphatic rings. The van der Waals surface area contributed by atoms with Crippen LogP contribution in [0.1, 0.15) is 46.0 Å². The van der Waals surface area contributed by atoms with Crippen LogP contribution < -0.4 is 0 Å². The van der Waals surface area contributed by atoms with Gasteiger partial charge >= 0.3 is 0 Å². The highest BCUT2D eigenvalue weighted by Gasteiger charge is 2.32. The van der Waals surface area contributed by atoms with Gasteiger partial charge in [0.05, 0.1) is 18.3 Å². The topological polar surface area (TPSA) is 29.5 Å². The van der Waals surface area contributed by atoms with Crippen LogP contribution in [0, 0.1) is 0 Å². The molecule has 0 aromatic rings. The molecule has 0 aromatic carbocycles. The van der Waals surface area contributed by atoms with Gasteiger partial charge in [0.25, 0.3) is 0 Å². The lowest BCUT2D eigenvalue weighted by Crippen LogP contribution is -2.20. The Kier molecular flexibility index (Phi) is 4.02. The molecule has 3 unspecified atom stereocenters. The van der Waals surface area contributed by atoms with E-state index in [1.54, 1.807) is 0 Å². The molecule has 1 heterocycles. The lowest BCUT2D eigenvalue weighted by Gasteiger charge is -2.12. The molecular formula is C10H20O2. The molecule has 0 radical (unpaired) electrons. The molecule has 0 saturated carbocycles. The van der Waals surface area contributed by atoms with Crippen molar-refractivity contribution in [2.75, 3.05) is 0 Å². The number of hydrogen-bond acceptors (Lipinski definition) is 2. The van der Waals surface area contributed by atoms with E-state index in [9.17, 15) is 5.11 Å². The first-order valence-electron chi connectivity index (χ1n) is 5.11. The van der Waals surface area contributed by atoms with E-state index in [4.69, 9.17) is 4.74 Å². The molecule has 0 spiro atoms. The van der Waals surface area contributed by atoms with Gasteiger partial charge in [-0.3, -0.25) is 0 Å². The van der Waals surface area contributed by atoms with Crippen molar-refractivity contribution < 1.29 is 9.84 Å². The third-order valence-electron chi connectivity index (χ3n) is 2.48. The van der Waals surface area contributed by atoms with Crippen molar-refractivity contribution in [2.24, 2.45) is 0 Å². The molecule has 2 heteroatoms. The zero-order valence-corrected chi connectivity index (χ0v) is 8.12. The minimum absolute atomic E-state index is 0.117. The van der Waals surface area contributed by atoms with E-state index in [1.807, 2.05) is 0 Å². The lowest BCUT2D eigenvalue weighted by atomic mass is 10.1. The van der Waals surface area contributed by atoms with Crippen LogP contribution in [0.25, 0.3) is 0 Å². The van der Waals surface area contributed by atoms with E-state index in [2.05, 4.69) is 13.8 Å². The van der Waals surface area contributed by atoms with Gasteiger partial charge in [0.15, 0.2) is 0 Å². The molecule has 2 nitrogen and oxygen atoms in total. The number of rotatable bonds is 4. The largest absolute Gasteiger partial charge is 0.390 e. The van der Waals surface area contributed by atoms with Gasteiger partial charge in [0.2, 0.25) is 0 Å². The Morgan fingerprint density at radius 3 is 2.50 bits per heavy atom. The second-order valence-corrected chi connectivity index (χ2v) is 3.68. The van der Waals surface area contributed by atoms with E-state index in [0.29, 0.717) is 6.10 Å². The van der Waals surface area contributed by atoms with E-state index >= 15 is 0 Å². The Bertz CT molecular complexity index is 125. The number of hydrogen-bond donors (Lipinski definition) is 1. The average Bonchev–Trinajstić information content (AvgIpc) is 2.34. The number of ether oxygens (including phenoxy) is 1. The zero-order valence-electron chi connectivity index (χ0n) is 8.12.